The molecule has 0 fully saturated rings. The first-order valence-electron chi connectivity index (χ1n) is 5.71. The van der Waals surface area contributed by atoms with Crippen molar-refractivity contribution in [1.29, 1.82) is 0 Å². The van der Waals surface area contributed by atoms with Crippen LogP contribution in [-0.4, -0.2) is 28.8 Å². The van der Waals surface area contributed by atoms with Crippen LogP contribution in [0.3, 0.4) is 0 Å². The van der Waals surface area contributed by atoms with Crippen LogP contribution in [0.25, 0.3) is 10.8 Å². The molecule has 0 bridgehead atoms. The number of carbonyl (C=O) groups excluding carboxylic acids is 1. The molecule has 0 aliphatic carbocycles. The molecule has 2 aromatic carbocycles. The lowest BCUT2D eigenvalue weighted by Gasteiger charge is -2.10. The molecule has 0 unspecified atom stereocenters. The third-order valence-electron chi connectivity index (χ3n) is 2.73. The topological polar surface area (TPSA) is 83.8 Å². The smallest absolute Gasteiger partial charge is 0.342 e. The van der Waals surface area contributed by atoms with E-state index in [-0.39, 0.29) is 17.7 Å². The van der Waals surface area contributed by atoms with Gasteiger partial charge in [0.25, 0.3) is 0 Å². The van der Waals surface area contributed by atoms with Crippen LogP contribution >= 0.6 is 0 Å². The van der Waals surface area contributed by atoms with Crippen molar-refractivity contribution in [2.24, 2.45) is 0 Å². The van der Waals surface area contributed by atoms with Gasteiger partial charge < -0.3 is 14.9 Å². The van der Waals surface area contributed by atoms with Crippen molar-refractivity contribution in [2.45, 2.75) is 6.92 Å². The van der Waals surface area contributed by atoms with Gasteiger partial charge in [-0.3, -0.25) is 0 Å². The highest BCUT2D eigenvalue weighted by Gasteiger charge is 2.22. The molecule has 0 heterocycles. The maximum atomic E-state index is 11.9. The summed E-state index contributed by atoms with van der Waals surface area (Å²) in [5.41, 5.74) is -0.431. The summed E-state index contributed by atoms with van der Waals surface area (Å²) >= 11 is 0. The number of aromatic hydroxyl groups is 1. The number of ether oxygens (including phenoxy) is 1. The average Bonchev–Trinajstić information content (AvgIpc) is 2.37. The van der Waals surface area contributed by atoms with Crippen LogP contribution in [0.15, 0.2) is 30.3 Å². The Morgan fingerprint density at radius 1 is 1.26 bits per heavy atom. The zero-order valence-corrected chi connectivity index (χ0v) is 10.2. The number of benzene rings is 2. The Labute approximate surface area is 109 Å². The first-order chi connectivity index (χ1) is 9.06. The van der Waals surface area contributed by atoms with Gasteiger partial charge in [0, 0.05) is 0 Å². The van der Waals surface area contributed by atoms with E-state index >= 15 is 0 Å². The predicted octanol–water partition coefficient (Wildman–Crippen LogP) is 2.42. The minimum absolute atomic E-state index is 0.114. The number of carboxylic acid groups (broad SMARTS) is 1. The third-order valence-corrected chi connectivity index (χ3v) is 2.73. The number of phenols is 1. The molecule has 2 rings (SSSR count). The van der Waals surface area contributed by atoms with Crippen molar-refractivity contribution < 1.29 is 24.5 Å². The van der Waals surface area contributed by atoms with Crippen LogP contribution in [-0.2, 0) is 4.74 Å². The van der Waals surface area contributed by atoms with Gasteiger partial charge in [-0.05, 0) is 23.8 Å². The molecule has 0 saturated carbocycles. The van der Waals surface area contributed by atoms with Crippen LogP contribution in [0, 0.1) is 0 Å². The van der Waals surface area contributed by atoms with Gasteiger partial charge in [0.1, 0.15) is 16.9 Å². The Kier molecular flexibility index (Phi) is 3.37. The van der Waals surface area contributed by atoms with Crippen LogP contribution in [0.1, 0.15) is 27.6 Å². The molecule has 2 aromatic rings. The molecular weight excluding hydrogens is 248 g/mol. The van der Waals surface area contributed by atoms with Gasteiger partial charge in [0.15, 0.2) is 0 Å². The first-order valence-corrected chi connectivity index (χ1v) is 5.71. The first kappa shape index (κ1) is 12.9. The van der Waals surface area contributed by atoms with Gasteiger partial charge in [0.05, 0.1) is 6.61 Å². The molecule has 0 radical (unpaired) electrons. The van der Waals surface area contributed by atoms with Gasteiger partial charge in [-0.2, -0.15) is 0 Å². The van der Waals surface area contributed by atoms with Crippen molar-refractivity contribution in [3.63, 3.8) is 0 Å². The maximum Gasteiger partial charge on any atom is 0.342 e. The second-order valence-corrected chi connectivity index (χ2v) is 3.89. The maximum absolute atomic E-state index is 11.9. The fourth-order valence-corrected chi connectivity index (χ4v) is 1.91. The van der Waals surface area contributed by atoms with Crippen molar-refractivity contribution >= 4 is 22.7 Å². The molecular formula is C14H12O5. The largest absolute Gasteiger partial charge is 0.506 e. The van der Waals surface area contributed by atoms with E-state index in [2.05, 4.69) is 0 Å². The fourth-order valence-electron chi connectivity index (χ4n) is 1.91. The SMILES string of the molecule is CCOC(=O)c1c(O)c(C(=O)O)cc2ccccc12. The fraction of sp³-hybridized carbons (Fsp3) is 0.143. The van der Waals surface area contributed by atoms with E-state index in [0.29, 0.717) is 10.8 Å². The quantitative estimate of drug-likeness (QED) is 0.828. The summed E-state index contributed by atoms with van der Waals surface area (Å²) in [6.45, 7) is 1.78. The Bertz CT molecular complexity index is 660. The summed E-state index contributed by atoms with van der Waals surface area (Å²) in [7, 11) is 0. The number of rotatable bonds is 3. The molecule has 5 nitrogen and oxygen atoms in total. The second-order valence-electron chi connectivity index (χ2n) is 3.89. The number of hydrogen-bond donors (Lipinski definition) is 2. The molecule has 2 N–H and O–H groups in total. The highest BCUT2D eigenvalue weighted by molar-refractivity contribution is 6.11. The van der Waals surface area contributed by atoms with E-state index in [1.54, 1.807) is 31.2 Å². The molecule has 0 amide bonds. The molecule has 0 aliphatic heterocycles. The van der Waals surface area contributed by atoms with E-state index in [1.165, 1.54) is 6.07 Å². The number of hydrogen-bond acceptors (Lipinski definition) is 4. The van der Waals surface area contributed by atoms with Gasteiger partial charge >= 0.3 is 11.9 Å². The number of aromatic carboxylic acids is 1. The number of esters is 1. The van der Waals surface area contributed by atoms with E-state index < -0.39 is 17.7 Å². The van der Waals surface area contributed by atoms with E-state index in [0.717, 1.165) is 0 Å². The lowest BCUT2D eigenvalue weighted by molar-refractivity contribution is 0.0525. The molecule has 0 spiro atoms. The molecule has 98 valence electrons. The molecule has 0 saturated heterocycles. The van der Waals surface area contributed by atoms with Crippen molar-refractivity contribution in [1.82, 2.24) is 0 Å². The van der Waals surface area contributed by atoms with Gasteiger partial charge in [-0.1, -0.05) is 24.3 Å². The van der Waals surface area contributed by atoms with Crippen molar-refractivity contribution in [3.8, 4) is 5.75 Å². The summed E-state index contributed by atoms with van der Waals surface area (Å²) < 4.78 is 4.86. The lowest BCUT2D eigenvalue weighted by atomic mass is 9.99. The van der Waals surface area contributed by atoms with Crippen molar-refractivity contribution in [2.75, 3.05) is 6.61 Å². The highest BCUT2D eigenvalue weighted by Crippen LogP contribution is 2.32. The molecule has 0 aliphatic rings. The molecule has 0 aromatic heterocycles. The second kappa shape index (κ2) is 4.97. The van der Waals surface area contributed by atoms with E-state index in [4.69, 9.17) is 9.84 Å². The Balaban J connectivity index is 2.80. The average molecular weight is 260 g/mol. The Morgan fingerprint density at radius 3 is 2.58 bits per heavy atom. The minimum atomic E-state index is -1.30. The Hall–Kier alpha value is -2.56. The number of carboxylic acids is 1. The summed E-state index contributed by atoms with van der Waals surface area (Å²) in [4.78, 5) is 23.0. The normalized spacial score (nSPS) is 10.4. The van der Waals surface area contributed by atoms with Gasteiger partial charge in [0.2, 0.25) is 0 Å². The number of carbonyl (C=O) groups is 2. The van der Waals surface area contributed by atoms with Crippen molar-refractivity contribution in [3.05, 3.63) is 41.5 Å². The van der Waals surface area contributed by atoms with Crippen LogP contribution in [0.2, 0.25) is 0 Å². The Morgan fingerprint density at radius 2 is 1.95 bits per heavy atom. The third kappa shape index (κ3) is 2.22. The van der Waals surface area contributed by atoms with Crippen LogP contribution < -0.4 is 0 Å². The van der Waals surface area contributed by atoms with Crippen LogP contribution in [0.5, 0.6) is 5.75 Å². The van der Waals surface area contributed by atoms with E-state index in [1.807, 2.05) is 0 Å². The molecule has 19 heavy (non-hydrogen) atoms. The summed E-state index contributed by atoms with van der Waals surface area (Å²) in [5.74, 6) is -2.60. The zero-order chi connectivity index (χ0) is 14.0. The minimum Gasteiger partial charge on any atom is -0.506 e. The standard InChI is InChI=1S/C14H12O5/c1-2-19-14(18)11-9-6-4-3-5-8(9)7-10(12(11)15)13(16)17/h3-7,15H,2H2,1H3,(H,16,17). The number of fused-ring (bicyclic) bond motifs is 1. The lowest BCUT2D eigenvalue weighted by Crippen LogP contribution is -2.08. The summed E-state index contributed by atoms with van der Waals surface area (Å²) in [6.07, 6.45) is 0. The van der Waals surface area contributed by atoms with Gasteiger partial charge in [-0.15, -0.1) is 0 Å². The summed E-state index contributed by atoms with van der Waals surface area (Å²) in [6, 6.07) is 8.05. The monoisotopic (exact) mass is 260 g/mol. The molecule has 5 heteroatoms. The van der Waals surface area contributed by atoms with E-state index in [9.17, 15) is 14.7 Å². The summed E-state index contributed by atoms with van der Waals surface area (Å²) in [5, 5.41) is 20.0. The highest BCUT2D eigenvalue weighted by atomic mass is 16.5. The predicted molar refractivity (Wildman–Crippen MR) is 68.5 cm³/mol. The van der Waals surface area contributed by atoms with Gasteiger partial charge in [-0.25, -0.2) is 9.59 Å². The zero-order valence-electron chi connectivity index (χ0n) is 10.2. The van der Waals surface area contributed by atoms with Crippen LogP contribution in [0.4, 0.5) is 0 Å². The molecule has 0 atom stereocenters.